The van der Waals surface area contributed by atoms with Gasteiger partial charge in [0, 0.05) is 12.6 Å². The van der Waals surface area contributed by atoms with E-state index in [0.717, 1.165) is 23.8 Å². The van der Waals surface area contributed by atoms with E-state index in [-0.39, 0.29) is 12.4 Å². The van der Waals surface area contributed by atoms with E-state index in [1.807, 2.05) is 32.3 Å². The highest BCUT2D eigenvalue weighted by molar-refractivity contribution is 5.85. The van der Waals surface area contributed by atoms with Crippen molar-refractivity contribution in [2.24, 2.45) is 0 Å². The van der Waals surface area contributed by atoms with Gasteiger partial charge in [0.1, 0.15) is 25.6 Å². The van der Waals surface area contributed by atoms with Gasteiger partial charge in [-0.25, -0.2) is 0 Å². The van der Waals surface area contributed by atoms with Gasteiger partial charge in [-0.15, -0.1) is 12.4 Å². The molecule has 0 N–H and O–H groups in total. The number of hydrogen-bond acceptors (Lipinski definition) is 4. The van der Waals surface area contributed by atoms with E-state index < -0.39 is 0 Å². The summed E-state index contributed by atoms with van der Waals surface area (Å²) in [7, 11) is 4.04. The second-order valence-corrected chi connectivity index (χ2v) is 3.96. The number of ether oxygens (including phenoxy) is 3. The molecule has 1 aliphatic rings. The zero-order chi connectivity index (χ0) is 11.4. The molecule has 4 nitrogen and oxygen atoms in total. The molecule has 1 heterocycles. The van der Waals surface area contributed by atoms with Crippen LogP contribution in [0.5, 0.6) is 17.2 Å². The van der Waals surface area contributed by atoms with Gasteiger partial charge in [-0.3, -0.25) is 0 Å². The molecule has 0 amide bonds. The number of fused-ring (bicyclic) bond motifs is 1. The SMILES string of the molecule is CN(C)CCOc1ccc2c(c1)OCCO2.Cl. The van der Waals surface area contributed by atoms with Gasteiger partial charge in [0.05, 0.1) is 0 Å². The van der Waals surface area contributed by atoms with Gasteiger partial charge < -0.3 is 19.1 Å². The highest BCUT2D eigenvalue weighted by Gasteiger charge is 2.11. The van der Waals surface area contributed by atoms with Gasteiger partial charge in [-0.05, 0) is 26.2 Å². The van der Waals surface area contributed by atoms with Crippen molar-refractivity contribution in [2.75, 3.05) is 40.5 Å². The molecule has 2 rings (SSSR count). The van der Waals surface area contributed by atoms with E-state index in [2.05, 4.69) is 4.90 Å². The Morgan fingerprint density at radius 1 is 1.18 bits per heavy atom. The van der Waals surface area contributed by atoms with Crippen LogP contribution in [0.15, 0.2) is 18.2 Å². The minimum absolute atomic E-state index is 0. The molecule has 0 spiro atoms. The van der Waals surface area contributed by atoms with Crippen LogP contribution in [0, 0.1) is 0 Å². The second-order valence-electron chi connectivity index (χ2n) is 3.96. The Morgan fingerprint density at radius 3 is 2.59 bits per heavy atom. The topological polar surface area (TPSA) is 30.9 Å². The molecule has 0 fully saturated rings. The van der Waals surface area contributed by atoms with Crippen molar-refractivity contribution < 1.29 is 14.2 Å². The van der Waals surface area contributed by atoms with Gasteiger partial charge in [0.2, 0.25) is 0 Å². The number of nitrogens with zero attached hydrogens (tertiary/aromatic N) is 1. The van der Waals surface area contributed by atoms with Crippen molar-refractivity contribution in [3.05, 3.63) is 18.2 Å². The molecule has 17 heavy (non-hydrogen) atoms. The van der Waals surface area contributed by atoms with Crippen LogP contribution in [-0.2, 0) is 0 Å². The Bertz CT molecular complexity index is 358. The maximum atomic E-state index is 5.61. The normalized spacial score (nSPS) is 13.1. The van der Waals surface area contributed by atoms with Gasteiger partial charge in [-0.1, -0.05) is 0 Å². The zero-order valence-electron chi connectivity index (χ0n) is 10.1. The zero-order valence-corrected chi connectivity index (χ0v) is 11.0. The summed E-state index contributed by atoms with van der Waals surface area (Å²) in [5.41, 5.74) is 0. The molecule has 0 unspecified atom stereocenters. The molecule has 0 bridgehead atoms. The Balaban J connectivity index is 0.00000144. The molecular weight excluding hydrogens is 242 g/mol. The van der Waals surface area contributed by atoms with E-state index in [0.29, 0.717) is 19.8 Å². The van der Waals surface area contributed by atoms with Crippen molar-refractivity contribution in [3.8, 4) is 17.2 Å². The maximum Gasteiger partial charge on any atom is 0.165 e. The third-order valence-corrected chi connectivity index (χ3v) is 2.32. The summed E-state index contributed by atoms with van der Waals surface area (Å²) >= 11 is 0. The van der Waals surface area contributed by atoms with Crippen LogP contribution >= 0.6 is 12.4 Å². The molecule has 0 aliphatic carbocycles. The van der Waals surface area contributed by atoms with Crippen molar-refractivity contribution >= 4 is 12.4 Å². The molecule has 0 atom stereocenters. The van der Waals surface area contributed by atoms with Crippen LogP contribution in [-0.4, -0.2) is 45.4 Å². The Kier molecular flexibility index (Phi) is 5.38. The molecule has 0 radical (unpaired) electrons. The molecule has 0 saturated carbocycles. The Labute approximate surface area is 108 Å². The van der Waals surface area contributed by atoms with Crippen LogP contribution in [0.4, 0.5) is 0 Å². The van der Waals surface area contributed by atoms with Crippen molar-refractivity contribution in [3.63, 3.8) is 0 Å². The fourth-order valence-electron chi connectivity index (χ4n) is 1.46. The van der Waals surface area contributed by atoms with Gasteiger partial charge in [0.25, 0.3) is 0 Å². The highest BCUT2D eigenvalue weighted by Crippen LogP contribution is 2.33. The lowest BCUT2D eigenvalue weighted by molar-refractivity contribution is 0.170. The van der Waals surface area contributed by atoms with Gasteiger partial charge >= 0.3 is 0 Å². The first kappa shape index (κ1) is 13.9. The largest absolute Gasteiger partial charge is 0.492 e. The monoisotopic (exact) mass is 259 g/mol. The summed E-state index contributed by atoms with van der Waals surface area (Å²) < 4.78 is 16.5. The summed E-state index contributed by atoms with van der Waals surface area (Å²) in [5, 5.41) is 0. The molecule has 96 valence electrons. The van der Waals surface area contributed by atoms with Gasteiger partial charge in [0.15, 0.2) is 11.5 Å². The summed E-state index contributed by atoms with van der Waals surface area (Å²) in [6, 6.07) is 5.67. The lowest BCUT2D eigenvalue weighted by Crippen LogP contribution is -2.19. The maximum absolute atomic E-state index is 5.61. The summed E-state index contributed by atoms with van der Waals surface area (Å²) in [5.74, 6) is 2.39. The van der Waals surface area contributed by atoms with Crippen LogP contribution < -0.4 is 14.2 Å². The fraction of sp³-hybridized carbons (Fsp3) is 0.500. The van der Waals surface area contributed by atoms with Crippen LogP contribution in [0.25, 0.3) is 0 Å². The minimum Gasteiger partial charge on any atom is -0.492 e. The number of likely N-dealkylation sites (N-methyl/N-ethyl adjacent to an activating group) is 1. The first-order valence-electron chi connectivity index (χ1n) is 5.43. The van der Waals surface area contributed by atoms with Crippen molar-refractivity contribution in [1.82, 2.24) is 4.90 Å². The quantitative estimate of drug-likeness (QED) is 0.825. The average molecular weight is 260 g/mol. The smallest absolute Gasteiger partial charge is 0.165 e. The van der Waals surface area contributed by atoms with Crippen molar-refractivity contribution in [1.29, 1.82) is 0 Å². The number of hydrogen-bond donors (Lipinski definition) is 0. The van der Waals surface area contributed by atoms with Gasteiger partial charge in [-0.2, -0.15) is 0 Å². The first-order chi connectivity index (χ1) is 7.75. The summed E-state index contributed by atoms with van der Waals surface area (Å²) in [6.45, 7) is 2.79. The van der Waals surface area contributed by atoms with Crippen molar-refractivity contribution in [2.45, 2.75) is 0 Å². The predicted molar refractivity (Wildman–Crippen MR) is 68.7 cm³/mol. The third-order valence-electron chi connectivity index (χ3n) is 2.32. The molecule has 1 aromatic rings. The Hall–Kier alpha value is -1.13. The molecule has 1 aliphatic heterocycles. The Morgan fingerprint density at radius 2 is 1.88 bits per heavy atom. The summed E-state index contributed by atoms with van der Waals surface area (Å²) in [4.78, 5) is 2.08. The molecule has 0 aromatic heterocycles. The molecule has 1 aromatic carbocycles. The lowest BCUT2D eigenvalue weighted by atomic mass is 10.3. The first-order valence-corrected chi connectivity index (χ1v) is 5.43. The van der Waals surface area contributed by atoms with E-state index in [9.17, 15) is 0 Å². The fourth-order valence-corrected chi connectivity index (χ4v) is 1.46. The third kappa shape index (κ3) is 3.98. The predicted octanol–water partition coefficient (Wildman–Crippen LogP) is 1.82. The van der Waals surface area contributed by atoms with E-state index >= 15 is 0 Å². The number of benzene rings is 1. The highest BCUT2D eigenvalue weighted by atomic mass is 35.5. The molecule has 0 saturated heterocycles. The van der Waals surface area contributed by atoms with E-state index in [1.54, 1.807) is 0 Å². The summed E-state index contributed by atoms with van der Waals surface area (Å²) in [6.07, 6.45) is 0. The number of halogens is 1. The van der Waals surface area contributed by atoms with E-state index in [4.69, 9.17) is 14.2 Å². The minimum atomic E-state index is 0. The molecular formula is C12H18ClNO3. The van der Waals surface area contributed by atoms with Crippen LogP contribution in [0.3, 0.4) is 0 Å². The second kappa shape index (κ2) is 6.57. The molecule has 5 heteroatoms. The standard InChI is InChI=1S/C12H17NO3.ClH/c1-13(2)5-6-14-10-3-4-11-12(9-10)16-8-7-15-11;/h3-4,9H,5-8H2,1-2H3;1H. The van der Waals surface area contributed by atoms with Crippen LogP contribution in [0.2, 0.25) is 0 Å². The van der Waals surface area contributed by atoms with Crippen LogP contribution in [0.1, 0.15) is 0 Å². The number of rotatable bonds is 4. The van der Waals surface area contributed by atoms with E-state index in [1.165, 1.54) is 0 Å². The average Bonchev–Trinajstić information content (AvgIpc) is 2.28. The lowest BCUT2D eigenvalue weighted by Gasteiger charge is -2.19.